The van der Waals surface area contributed by atoms with Crippen molar-refractivity contribution in [1.82, 2.24) is 5.01 Å². The van der Waals surface area contributed by atoms with Gasteiger partial charge in [-0.1, -0.05) is 30.3 Å². The Morgan fingerprint density at radius 1 is 0.967 bits per heavy atom. The van der Waals surface area contributed by atoms with Gasteiger partial charge in [-0.2, -0.15) is 5.10 Å². The van der Waals surface area contributed by atoms with Crippen molar-refractivity contribution in [2.45, 2.75) is 25.6 Å². The molecule has 2 aliphatic heterocycles. The van der Waals surface area contributed by atoms with Crippen molar-refractivity contribution in [2.75, 3.05) is 13.7 Å². The average Bonchev–Trinajstić information content (AvgIpc) is 3.25. The van der Waals surface area contributed by atoms with Crippen LogP contribution in [0, 0.1) is 0 Å². The number of para-hydroxylation sites is 2. The summed E-state index contributed by atoms with van der Waals surface area (Å²) in [6.07, 6.45) is 0.473. The first kappa shape index (κ1) is 18.6. The predicted octanol–water partition coefficient (Wildman–Crippen LogP) is 5.34. The first-order valence-corrected chi connectivity index (χ1v) is 10.3. The number of methoxy groups -OCH3 is 1. The second-order valence-electron chi connectivity index (χ2n) is 7.35. The first-order chi connectivity index (χ1) is 14.8. The van der Waals surface area contributed by atoms with E-state index in [2.05, 4.69) is 29.3 Å². The van der Waals surface area contributed by atoms with Crippen LogP contribution in [0.15, 0.2) is 77.9 Å². The number of ether oxygens (including phenoxy) is 3. The Bertz CT molecular complexity index is 1080. The maximum atomic E-state index is 6.43. The molecule has 2 heterocycles. The van der Waals surface area contributed by atoms with Gasteiger partial charge in [0.15, 0.2) is 0 Å². The van der Waals surface area contributed by atoms with Crippen LogP contribution >= 0.6 is 0 Å². The van der Waals surface area contributed by atoms with Crippen LogP contribution < -0.4 is 14.2 Å². The molecule has 5 nitrogen and oxygen atoms in total. The largest absolute Gasteiger partial charge is 0.496 e. The zero-order valence-corrected chi connectivity index (χ0v) is 17.1. The highest BCUT2D eigenvalue weighted by Gasteiger charge is 2.41. The number of fused-ring (bicyclic) bond motifs is 3. The fourth-order valence-corrected chi connectivity index (χ4v) is 4.19. The molecule has 0 amide bonds. The molecule has 0 spiro atoms. The van der Waals surface area contributed by atoms with E-state index in [9.17, 15) is 0 Å². The van der Waals surface area contributed by atoms with E-state index in [4.69, 9.17) is 19.3 Å². The van der Waals surface area contributed by atoms with E-state index >= 15 is 0 Å². The summed E-state index contributed by atoms with van der Waals surface area (Å²) in [5.41, 5.74) is 4.27. The number of hydrazone groups is 1. The molecule has 0 saturated carbocycles. The summed E-state index contributed by atoms with van der Waals surface area (Å²) < 4.78 is 17.6. The van der Waals surface area contributed by atoms with Crippen LogP contribution in [-0.2, 0) is 0 Å². The van der Waals surface area contributed by atoms with Crippen LogP contribution in [0.25, 0.3) is 0 Å². The lowest BCUT2D eigenvalue weighted by molar-refractivity contribution is -0.0203. The molecule has 0 N–H and O–H groups in total. The van der Waals surface area contributed by atoms with Crippen LogP contribution in [0.4, 0.5) is 0 Å². The molecule has 0 aliphatic carbocycles. The molecule has 2 atom stereocenters. The third-order valence-corrected chi connectivity index (χ3v) is 5.60. The first-order valence-electron chi connectivity index (χ1n) is 10.3. The highest BCUT2D eigenvalue weighted by Crippen LogP contribution is 2.48. The van der Waals surface area contributed by atoms with Gasteiger partial charge in [0.05, 0.1) is 31.0 Å². The zero-order chi connectivity index (χ0) is 20.5. The molecule has 3 aromatic rings. The van der Waals surface area contributed by atoms with Crippen molar-refractivity contribution in [1.29, 1.82) is 0 Å². The van der Waals surface area contributed by atoms with E-state index in [1.54, 1.807) is 7.11 Å². The second-order valence-corrected chi connectivity index (χ2v) is 7.35. The number of benzene rings is 3. The molecule has 0 bridgehead atoms. The summed E-state index contributed by atoms with van der Waals surface area (Å²) in [6.45, 7) is 2.65. The Morgan fingerprint density at radius 2 is 1.70 bits per heavy atom. The molecule has 0 saturated heterocycles. The number of hydrogen-bond donors (Lipinski definition) is 0. The molecule has 0 unspecified atom stereocenters. The molecule has 0 fully saturated rings. The lowest BCUT2D eigenvalue weighted by atomic mass is 9.96. The minimum Gasteiger partial charge on any atom is -0.496 e. The second kappa shape index (κ2) is 7.75. The molecule has 3 aromatic carbocycles. The molecule has 152 valence electrons. The Kier molecular flexibility index (Phi) is 4.79. The van der Waals surface area contributed by atoms with Gasteiger partial charge in [-0.3, -0.25) is 0 Å². The quantitative estimate of drug-likeness (QED) is 0.580. The minimum absolute atomic E-state index is 0.117. The van der Waals surface area contributed by atoms with Gasteiger partial charge in [0.25, 0.3) is 0 Å². The summed E-state index contributed by atoms with van der Waals surface area (Å²) >= 11 is 0. The summed E-state index contributed by atoms with van der Waals surface area (Å²) in [5, 5.41) is 7.09. The number of rotatable bonds is 5. The summed E-state index contributed by atoms with van der Waals surface area (Å²) in [6, 6.07) is 24.5. The highest BCUT2D eigenvalue weighted by molar-refractivity contribution is 6.02. The Balaban J connectivity index is 1.55. The van der Waals surface area contributed by atoms with E-state index in [1.807, 2.05) is 55.5 Å². The zero-order valence-electron chi connectivity index (χ0n) is 17.1. The van der Waals surface area contributed by atoms with Gasteiger partial charge >= 0.3 is 0 Å². The van der Waals surface area contributed by atoms with Crippen molar-refractivity contribution in [3.8, 4) is 17.2 Å². The summed E-state index contributed by atoms with van der Waals surface area (Å²) in [5.74, 6) is 2.57. The maximum absolute atomic E-state index is 6.43. The SMILES string of the molecule is CCOc1ccc(C2=NN3[C@H](C2)c2ccccc2O[C@H]3c2ccccc2OC)cc1. The molecule has 5 rings (SSSR count). The average molecular weight is 400 g/mol. The number of hydrogen-bond acceptors (Lipinski definition) is 5. The molecule has 0 aromatic heterocycles. The lowest BCUT2D eigenvalue weighted by Gasteiger charge is -2.38. The van der Waals surface area contributed by atoms with Gasteiger partial charge in [-0.15, -0.1) is 0 Å². The van der Waals surface area contributed by atoms with Gasteiger partial charge in [0, 0.05) is 12.0 Å². The van der Waals surface area contributed by atoms with E-state index < -0.39 is 0 Å². The lowest BCUT2D eigenvalue weighted by Crippen LogP contribution is -2.33. The van der Waals surface area contributed by atoms with Crippen LogP contribution in [0.3, 0.4) is 0 Å². The molecular weight excluding hydrogens is 376 g/mol. The fraction of sp³-hybridized carbons (Fsp3) is 0.240. The van der Waals surface area contributed by atoms with E-state index in [0.29, 0.717) is 6.61 Å². The van der Waals surface area contributed by atoms with Gasteiger partial charge in [-0.25, -0.2) is 5.01 Å². The molecule has 0 radical (unpaired) electrons. The van der Waals surface area contributed by atoms with Gasteiger partial charge < -0.3 is 14.2 Å². The van der Waals surface area contributed by atoms with E-state index in [1.165, 1.54) is 0 Å². The Morgan fingerprint density at radius 3 is 2.47 bits per heavy atom. The van der Waals surface area contributed by atoms with E-state index in [-0.39, 0.29) is 12.3 Å². The highest BCUT2D eigenvalue weighted by atomic mass is 16.5. The van der Waals surface area contributed by atoms with Crippen molar-refractivity contribution >= 4 is 5.71 Å². The van der Waals surface area contributed by atoms with Crippen molar-refractivity contribution in [3.63, 3.8) is 0 Å². The monoisotopic (exact) mass is 400 g/mol. The van der Waals surface area contributed by atoms with Crippen LogP contribution in [0.5, 0.6) is 17.2 Å². The topological polar surface area (TPSA) is 43.3 Å². The van der Waals surface area contributed by atoms with Crippen molar-refractivity contribution in [2.24, 2.45) is 5.10 Å². The number of nitrogens with zero attached hydrogens (tertiary/aromatic N) is 2. The normalized spacial score (nSPS) is 19.4. The molecule has 30 heavy (non-hydrogen) atoms. The van der Waals surface area contributed by atoms with Gasteiger partial charge in [0.2, 0.25) is 6.23 Å². The van der Waals surface area contributed by atoms with Gasteiger partial charge in [-0.05, 0) is 55.0 Å². The van der Waals surface area contributed by atoms with E-state index in [0.717, 1.165) is 46.1 Å². The summed E-state index contributed by atoms with van der Waals surface area (Å²) in [7, 11) is 1.69. The standard InChI is InChI=1S/C25H24N2O3/c1-3-29-18-14-12-17(13-15-18)21-16-22-19-8-4-7-11-24(19)30-25(27(22)26-21)20-9-5-6-10-23(20)28-2/h4-15,22,25H,3,16H2,1-2H3/t22-,25+/m1/s1. The molecule has 2 aliphatic rings. The van der Waals surface area contributed by atoms with Crippen molar-refractivity contribution < 1.29 is 14.2 Å². The minimum atomic E-state index is -0.346. The van der Waals surface area contributed by atoms with Crippen molar-refractivity contribution in [3.05, 3.63) is 89.5 Å². The molecule has 5 heteroatoms. The van der Waals surface area contributed by atoms with Crippen LogP contribution in [0.2, 0.25) is 0 Å². The third-order valence-electron chi connectivity index (χ3n) is 5.60. The fourth-order valence-electron chi connectivity index (χ4n) is 4.19. The Labute approximate surface area is 176 Å². The van der Waals surface area contributed by atoms with Gasteiger partial charge in [0.1, 0.15) is 17.2 Å². The van der Waals surface area contributed by atoms with Crippen LogP contribution in [-0.4, -0.2) is 24.4 Å². The third kappa shape index (κ3) is 3.16. The Hall–Kier alpha value is -3.47. The predicted molar refractivity (Wildman–Crippen MR) is 116 cm³/mol. The van der Waals surface area contributed by atoms with Crippen LogP contribution in [0.1, 0.15) is 42.3 Å². The maximum Gasteiger partial charge on any atom is 0.217 e. The summed E-state index contributed by atoms with van der Waals surface area (Å²) in [4.78, 5) is 0. The smallest absolute Gasteiger partial charge is 0.217 e. The molecular formula is C25H24N2O3.